The lowest BCUT2D eigenvalue weighted by Crippen LogP contribution is -2.37. The average molecular weight is 1040 g/mol. The van der Waals surface area contributed by atoms with E-state index in [0.29, 0.717) is 17.4 Å². The number of hydrogen-bond acceptors (Lipinski definition) is 7. The molecule has 0 aromatic carbocycles. The fraction of sp³-hybridized carbons (Fsp3) is 0.839. The molecule has 0 spiro atoms. The van der Waals surface area contributed by atoms with Gasteiger partial charge in [0, 0.05) is 12.8 Å². The molecule has 0 fully saturated rings. The summed E-state index contributed by atoms with van der Waals surface area (Å²) in [6.07, 6.45) is 67.8. The number of hydrogen-bond donors (Lipinski definition) is 1. The maximum atomic E-state index is 12.8. The Kier molecular flexibility index (Phi) is 52.3. The minimum Gasteiger partial charge on any atom is -0.462 e. The van der Waals surface area contributed by atoms with Crippen molar-refractivity contribution in [2.45, 2.75) is 290 Å². The Morgan fingerprint density at radius 3 is 1.15 bits per heavy atom. The van der Waals surface area contributed by atoms with Crippen molar-refractivity contribution < 1.29 is 42.1 Å². The molecule has 0 amide bonds. The van der Waals surface area contributed by atoms with Crippen molar-refractivity contribution in [3.63, 3.8) is 0 Å². The molecule has 0 aromatic heterocycles. The van der Waals surface area contributed by atoms with Crippen molar-refractivity contribution in [3.05, 3.63) is 48.6 Å². The number of allylic oxidation sites excluding steroid dienone is 8. The van der Waals surface area contributed by atoms with E-state index in [1.807, 2.05) is 21.1 Å². The van der Waals surface area contributed by atoms with Crippen LogP contribution in [0.4, 0.5) is 0 Å². The summed E-state index contributed by atoms with van der Waals surface area (Å²) >= 11 is 0. The van der Waals surface area contributed by atoms with Gasteiger partial charge in [0.25, 0.3) is 0 Å². The fourth-order valence-electron chi connectivity index (χ4n) is 8.62. The van der Waals surface area contributed by atoms with Gasteiger partial charge < -0.3 is 18.9 Å². The zero-order chi connectivity index (χ0) is 52.7. The number of unbranched alkanes of at least 4 members (excludes halogenated alkanes) is 34. The van der Waals surface area contributed by atoms with Crippen LogP contribution in [0.2, 0.25) is 0 Å². The minimum atomic E-state index is -4.38. The highest BCUT2D eigenvalue weighted by Gasteiger charge is 2.27. The number of phosphoric acid groups is 1. The average Bonchev–Trinajstić information content (AvgIpc) is 3.34. The van der Waals surface area contributed by atoms with Crippen molar-refractivity contribution in [3.8, 4) is 0 Å². The van der Waals surface area contributed by atoms with Gasteiger partial charge in [0.15, 0.2) is 6.10 Å². The van der Waals surface area contributed by atoms with Gasteiger partial charge in [-0.3, -0.25) is 18.6 Å². The number of carbonyl (C=O) groups is 2. The van der Waals surface area contributed by atoms with E-state index in [4.69, 9.17) is 18.5 Å². The van der Waals surface area contributed by atoms with Crippen LogP contribution in [0.15, 0.2) is 48.6 Å². The lowest BCUT2D eigenvalue weighted by atomic mass is 10.0. The van der Waals surface area contributed by atoms with Crippen LogP contribution in [-0.4, -0.2) is 74.9 Å². The van der Waals surface area contributed by atoms with Gasteiger partial charge in [-0.05, 0) is 70.6 Å². The molecule has 0 saturated carbocycles. The van der Waals surface area contributed by atoms with E-state index in [-0.39, 0.29) is 32.0 Å². The molecule has 2 atom stereocenters. The summed E-state index contributed by atoms with van der Waals surface area (Å²) in [5, 5.41) is 0. The van der Waals surface area contributed by atoms with E-state index in [9.17, 15) is 19.0 Å². The van der Waals surface area contributed by atoms with Crippen LogP contribution in [0, 0.1) is 0 Å². The zero-order valence-corrected chi connectivity index (χ0v) is 48.8. The Morgan fingerprint density at radius 2 is 0.778 bits per heavy atom. The number of ether oxygens (including phenoxy) is 2. The first-order valence-electron chi connectivity index (χ1n) is 30.4. The first-order chi connectivity index (χ1) is 35.0. The van der Waals surface area contributed by atoms with E-state index >= 15 is 0 Å². The third-order valence-electron chi connectivity index (χ3n) is 13.3. The monoisotopic (exact) mass is 1030 g/mol. The molecule has 0 heterocycles. The van der Waals surface area contributed by atoms with Crippen LogP contribution in [0.5, 0.6) is 0 Å². The third kappa shape index (κ3) is 57.3. The quantitative estimate of drug-likeness (QED) is 0.0211. The summed E-state index contributed by atoms with van der Waals surface area (Å²) in [7, 11) is 1.48. The van der Waals surface area contributed by atoms with Gasteiger partial charge in [-0.2, -0.15) is 0 Å². The first kappa shape index (κ1) is 70.0. The molecule has 0 bridgehead atoms. The van der Waals surface area contributed by atoms with Crippen molar-refractivity contribution >= 4 is 19.8 Å². The van der Waals surface area contributed by atoms with Crippen LogP contribution in [0.25, 0.3) is 0 Å². The Bertz CT molecular complexity index is 1360. The van der Waals surface area contributed by atoms with Gasteiger partial charge in [-0.25, -0.2) is 4.57 Å². The normalized spacial score (nSPS) is 13.6. The Labute approximate surface area is 445 Å². The molecule has 0 aromatic rings. The van der Waals surface area contributed by atoms with E-state index < -0.39 is 26.5 Å². The predicted octanol–water partition coefficient (Wildman–Crippen LogP) is 18.9. The maximum absolute atomic E-state index is 12.8. The van der Waals surface area contributed by atoms with Crippen molar-refractivity contribution in [1.82, 2.24) is 0 Å². The van der Waals surface area contributed by atoms with E-state index in [1.165, 1.54) is 180 Å². The Balaban J connectivity index is 3.94. The summed E-state index contributed by atoms with van der Waals surface area (Å²) in [6, 6.07) is 0. The number of carbonyl (C=O) groups excluding carboxylic acids is 2. The molecular formula is C62H117NO8P+. The van der Waals surface area contributed by atoms with Gasteiger partial charge in [-0.1, -0.05) is 249 Å². The molecule has 2 unspecified atom stereocenters. The molecular weight excluding hydrogens is 918 g/mol. The molecule has 0 rings (SSSR count). The number of quaternary nitrogens is 1. The van der Waals surface area contributed by atoms with E-state index in [0.717, 1.165) is 70.6 Å². The van der Waals surface area contributed by atoms with Crippen LogP contribution in [-0.2, 0) is 32.7 Å². The lowest BCUT2D eigenvalue weighted by Gasteiger charge is -2.24. The van der Waals surface area contributed by atoms with Crippen molar-refractivity contribution in [1.29, 1.82) is 0 Å². The summed E-state index contributed by atoms with van der Waals surface area (Å²) in [6.45, 7) is 4.37. The Morgan fingerprint density at radius 1 is 0.431 bits per heavy atom. The van der Waals surface area contributed by atoms with Crippen LogP contribution in [0.3, 0.4) is 0 Å². The van der Waals surface area contributed by atoms with Crippen molar-refractivity contribution in [2.24, 2.45) is 0 Å². The molecule has 0 saturated heterocycles. The van der Waals surface area contributed by atoms with Gasteiger partial charge in [-0.15, -0.1) is 0 Å². The fourth-order valence-corrected chi connectivity index (χ4v) is 9.36. The Hall–Kier alpha value is -2.03. The van der Waals surface area contributed by atoms with Gasteiger partial charge in [0.05, 0.1) is 27.7 Å². The number of phosphoric ester groups is 1. The summed E-state index contributed by atoms with van der Waals surface area (Å²) in [5.41, 5.74) is 0. The largest absolute Gasteiger partial charge is 0.472 e. The molecule has 9 nitrogen and oxygen atoms in total. The van der Waals surface area contributed by atoms with Crippen molar-refractivity contribution in [2.75, 3.05) is 47.5 Å². The number of likely N-dealkylation sites (N-methyl/N-ethyl adjacent to an activating group) is 1. The molecule has 0 aliphatic heterocycles. The second-order valence-electron chi connectivity index (χ2n) is 21.7. The first-order valence-corrected chi connectivity index (χ1v) is 31.9. The smallest absolute Gasteiger partial charge is 0.462 e. The topological polar surface area (TPSA) is 108 Å². The molecule has 422 valence electrons. The van der Waals surface area contributed by atoms with Gasteiger partial charge in [0.2, 0.25) is 0 Å². The second kappa shape index (κ2) is 53.8. The maximum Gasteiger partial charge on any atom is 0.472 e. The summed E-state index contributed by atoms with van der Waals surface area (Å²) in [5.74, 6) is -0.805. The number of rotatable bonds is 56. The summed E-state index contributed by atoms with van der Waals surface area (Å²) < 4.78 is 34.5. The van der Waals surface area contributed by atoms with Gasteiger partial charge in [0.1, 0.15) is 19.8 Å². The third-order valence-corrected chi connectivity index (χ3v) is 14.3. The van der Waals surface area contributed by atoms with Crippen LogP contribution in [0.1, 0.15) is 284 Å². The standard InChI is InChI=1S/C62H116NO8P/c1-6-8-10-12-14-16-18-20-21-22-23-24-25-26-27-28-29-30-31-32-33-34-35-36-37-38-39-40-41-43-45-47-49-51-53-55-62(65)71-60(59-70-72(66,67)69-57-56-63(3,4)5)58-68-61(64)54-52-50-48-46-44-42-19-17-15-13-11-9-7-2/h11,13,17-20,22-23,60H,6-10,12,14-16,21,24-59H2,1-5H3/p+1/b13-11-,19-17-,20-18-,23-22-. The highest BCUT2D eigenvalue weighted by Crippen LogP contribution is 2.43. The van der Waals surface area contributed by atoms with Crippen LogP contribution < -0.4 is 0 Å². The second-order valence-corrected chi connectivity index (χ2v) is 23.2. The molecule has 1 N–H and O–H groups in total. The van der Waals surface area contributed by atoms with Crippen LogP contribution >= 0.6 is 7.82 Å². The summed E-state index contributed by atoms with van der Waals surface area (Å²) in [4.78, 5) is 35.6. The predicted molar refractivity (Wildman–Crippen MR) is 307 cm³/mol. The SMILES string of the molecule is CCC/C=C\C/C=C\CCCCCCCC(=O)OCC(COP(=O)(O)OCC[N+](C)(C)C)OC(=O)CCCCCCCCCCCCCCCCCCCCCCCCC/C=C\C/C=C\CCCCCCC. The number of nitrogens with zero attached hydrogens (tertiary/aromatic N) is 1. The minimum absolute atomic E-state index is 0.0301. The molecule has 72 heavy (non-hydrogen) atoms. The lowest BCUT2D eigenvalue weighted by molar-refractivity contribution is -0.870. The highest BCUT2D eigenvalue weighted by atomic mass is 31.2. The zero-order valence-electron chi connectivity index (χ0n) is 47.9. The molecule has 0 aliphatic carbocycles. The molecule has 10 heteroatoms. The van der Waals surface area contributed by atoms with Gasteiger partial charge >= 0.3 is 19.8 Å². The number of esters is 2. The molecule has 0 aliphatic rings. The highest BCUT2D eigenvalue weighted by molar-refractivity contribution is 7.47. The molecule has 0 radical (unpaired) electrons. The van der Waals surface area contributed by atoms with E-state index in [1.54, 1.807) is 0 Å². The van der Waals surface area contributed by atoms with E-state index in [2.05, 4.69) is 62.5 Å².